The molecule has 88 valence electrons. The van der Waals surface area contributed by atoms with E-state index in [4.69, 9.17) is 5.26 Å². The number of hydrogen-bond donors (Lipinski definition) is 0. The zero-order chi connectivity index (χ0) is 12.8. The molecule has 0 N–H and O–H groups in total. The molecule has 0 unspecified atom stereocenters. The molecule has 0 heterocycles. The van der Waals surface area contributed by atoms with E-state index >= 15 is 0 Å². The van der Waals surface area contributed by atoms with E-state index in [2.05, 4.69) is 9.47 Å². The lowest BCUT2D eigenvalue weighted by Crippen LogP contribution is -2.25. The molecule has 0 radical (unpaired) electrons. The van der Waals surface area contributed by atoms with Gasteiger partial charge in [-0.3, -0.25) is 9.59 Å². The van der Waals surface area contributed by atoms with E-state index in [1.165, 1.54) is 26.4 Å². The van der Waals surface area contributed by atoms with Crippen molar-refractivity contribution in [3.05, 3.63) is 35.4 Å². The fourth-order valence-corrected chi connectivity index (χ4v) is 1.44. The Hall–Kier alpha value is -2.35. The minimum Gasteiger partial charge on any atom is -0.468 e. The first-order valence-electron chi connectivity index (χ1n) is 4.80. The van der Waals surface area contributed by atoms with E-state index in [0.29, 0.717) is 0 Å². The molecule has 5 nitrogen and oxygen atoms in total. The van der Waals surface area contributed by atoms with E-state index in [0.717, 1.165) is 0 Å². The largest absolute Gasteiger partial charge is 0.468 e. The maximum absolute atomic E-state index is 11.5. The van der Waals surface area contributed by atoms with Crippen LogP contribution in [0.25, 0.3) is 0 Å². The van der Waals surface area contributed by atoms with E-state index < -0.39 is 17.9 Å². The van der Waals surface area contributed by atoms with Crippen LogP contribution in [0, 0.1) is 11.3 Å². The van der Waals surface area contributed by atoms with E-state index in [9.17, 15) is 9.59 Å². The zero-order valence-electron chi connectivity index (χ0n) is 9.47. The van der Waals surface area contributed by atoms with Crippen molar-refractivity contribution in [3.8, 4) is 6.07 Å². The number of nitriles is 1. The van der Waals surface area contributed by atoms with Crippen molar-refractivity contribution < 1.29 is 19.1 Å². The van der Waals surface area contributed by atoms with Crippen LogP contribution in [0.1, 0.15) is 17.0 Å². The van der Waals surface area contributed by atoms with Gasteiger partial charge in [-0.05, 0) is 11.6 Å². The maximum Gasteiger partial charge on any atom is 0.324 e. The van der Waals surface area contributed by atoms with Gasteiger partial charge in [-0.15, -0.1) is 0 Å². The molecule has 0 saturated heterocycles. The Balaban J connectivity index is 3.27. The SMILES string of the molecule is COC(=O)C(C(=O)OC)c1ccccc1C#N. The van der Waals surface area contributed by atoms with Gasteiger partial charge in [-0.25, -0.2) is 0 Å². The normalized spacial score (nSPS) is 9.53. The highest BCUT2D eigenvalue weighted by atomic mass is 16.5. The van der Waals surface area contributed by atoms with Gasteiger partial charge in [-0.2, -0.15) is 5.26 Å². The van der Waals surface area contributed by atoms with Gasteiger partial charge in [-0.1, -0.05) is 18.2 Å². The second-order valence-electron chi connectivity index (χ2n) is 3.18. The first-order chi connectivity index (χ1) is 8.15. The van der Waals surface area contributed by atoms with Crippen molar-refractivity contribution in [2.24, 2.45) is 0 Å². The smallest absolute Gasteiger partial charge is 0.324 e. The molecule has 0 bridgehead atoms. The van der Waals surface area contributed by atoms with Gasteiger partial charge in [0.25, 0.3) is 0 Å². The third-order valence-electron chi connectivity index (χ3n) is 2.27. The lowest BCUT2D eigenvalue weighted by Gasteiger charge is -2.13. The number of methoxy groups -OCH3 is 2. The number of carbonyl (C=O) groups is 2. The number of nitrogens with zero attached hydrogens (tertiary/aromatic N) is 1. The van der Waals surface area contributed by atoms with Crippen molar-refractivity contribution in [2.75, 3.05) is 14.2 Å². The fraction of sp³-hybridized carbons (Fsp3) is 0.250. The van der Waals surface area contributed by atoms with Gasteiger partial charge < -0.3 is 9.47 Å². The summed E-state index contributed by atoms with van der Waals surface area (Å²) in [5, 5.41) is 8.92. The average molecular weight is 233 g/mol. The highest BCUT2D eigenvalue weighted by Gasteiger charge is 2.32. The van der Waals surface area contributed by atoms with Gasteiger partial charge in [0, 0.05) is 0 Å². The Bertz CT molecular complexity index is 460. The summed E-state index contributed by atoms with van der Waals surface area (Å²) in [6.45, 7) is 0. The summed E-state index contributed by atoms with van der Waals surface area (Å²) in [5.41, 5.74) is 0.530. The van der Waals surface area contributed by atoms with E-state index in [-0.39, 0.29) is 11.1 Å². The Morgan fingerprint density at radius 2 is 1.71 bits per heavy atom. The van der Waals surface area contributed by atoms with Crippen LogP contribution >= 0.6 is 0 Å². The number of hydrogen-bond acceptors (Lipinski definition) is 5. The molecule has 0 aromatic heterocycles. The van der Waals surface area contributed by atoms with Crippen molar-refractivity contribution in [3.63, 3.8) is 0 Å². The molecule has 17 heavy (non-hydrogen) atoms. The second kappa shape index (κ2) is 5.66. The van der Waals surface area contributed by atoms with Crippen LogP contribution in [0.4, 0.5) is 0 Å². The number of carbonyl (C=O) groups excluding carboxylic acids is 2. The average Bonchev–Trinajstić information content (AvgIpc) is 2.39. The topological polar surface area (TPSA) is 76.4 Å². The fourth-order valence-electron chi connectivity index (χ4n) is 1.44. The minimum absolute atomic E-state index is 0.244. The van der Waals surface area contributed by atoms with Gasteiger partial charge in [0.15, 0.2) is 5.92 Å². The summed E-state index contributed by atoms with van der Waals surface area (Å²) in [6, 6.07) is 8.25. The molecule has 0 saturated carbocycles. The molecule has 1 aromatic rings. The number of esters is 2. The molecule has 1 rings (SSSR count). The monoisotopic (exact) mass is 233 g/mol. The molecule has 0 aliphatic carbocycles. The van der Waals surface area contributed by atoms with E-state index in [1.54, 1.807) is 12.1 Å². The van der Waals surface area contributed by atoms with Gasteiger partial charge in [0.05, 0.1) is 25.9 Å². The highest BCUT2D eigenvalue weighted by molar-refractivity contribution is 6.01. The van der Waals surface area contributed by atoms with Crippen molar-refractivity contribution >= 4 is 11.9 Å². The zero-order valence-corrected chi connectivity index (χ0v) is 9.47. The highest BCUT2D eigenvalue weighted by Crippen LogP contribution is 2.22. The van der Waals surface area contributed by atoms with Crippen LogP contribution in [-0.2, 0) is 19.1 Å². The first kappa shape index (κ1) is 12.7. The summed E-state index contributed by atoms with van der Waals surface area (Å²) >= 11 is 0. The van der Waals surface area contributed by atoms with Gasteiger partial charge in [0.1, 0.15) is 0 Å². The molecule has 0 aliphatic heterocycles. The standard InChI is InChI=1S/C12H11NO4/c1-16-11(14)10(12(15)17-2)9-6-4-3-5-8(9)7-13/h3-6,10H,1-2H3. The summed E-state index contributed by atoms with van der Waals surface area (Å²) in [4.78, 5) is 23.1. The predicted molar refractivity (Wildman–Crippen MR) is 57.9 cm³/mol. The lowest BCUT2D eigenvalue weighted by atomic mass is 9.95. The van der Waals surface area contributed by atoms with Crippen molar-refractivity contribution in [1.82, 2.24) is 0 Å². The van der Waals surface area contributed by atoms with Crippen LogP contribution in [0.3, 0.4) is 0 Å². The molecule has 0 amide bonds. The summed E-state index contributed by atoms with van der Waals surface area (Å²) in [6.07, 6.45) is 0. The quantitative estimate of drug-likeness (QED) is 0.574. The molecule has 0 spiro atoms. The van der Waals surface area contributed by atoms with Crippen LogP contribution in [0.15, 0.2) is 24.3 Å². The molecule has 0 atom stereocenters. The van der Waals surface area contributed by atoms with Gasteiger partial charge >= 0.3 is 11.9 Å². The van der Waals surface area contributed by atoms with Crippen molar-refractivity contribution in [2.45, 2.75) is 5.92 Å². The third-order valence-corrected chi connectivity index (χ3v) is 2.27. The molecule has 0 fully saturated rings. The molecular weight excluding hydrogens is 222 g/mol. The summed E-state index contributed by atoms with van der Waals surface area (Å²) in [7, 11) is 2.35. The first-order valence-corrected chi connectivity index (χ1v) is 4.80. The number of ether oxygens (including phenoxy) is 2. The Kier molecular flexibility index (Phi) is 4.23. The lowest BCUT2D eigenvalue weighted by molar-refractivity contribution is -0.154. The second-order valence-corrected chi connectivity index (χ2v) is 3.18. The molecule has 5 heteroatoms. The molecular formula is C12H11NO4. The Morgan fingerprint density at radius 3 is 2.18 bits per heavy atom. The molecule has 1 aromatic carbocycles. The van der Waals surface area contributed by atoms with Crippen LogP contribution in [0.2, 0.25) is 0 Å². The summed E-state index contributed by atoms with van der Waals surface area (Å²) < 4.78 is 9.08. The van der Waals surface area contributed by atoms with Gasteiger partial charge in [0.2, 0.25) is 0 Å². The summed E-state index contributed by atoms with van der Waals surface area (Å²) in [5.74, 6) is -2.72. The van der Waals surface area contributed by atoms with Crippen molar-refractivity contribution in [1.29, 1.82) is 5.26 Å². The number of rotatable bonds is 3. The predicted octanol–water partition coefficient (Wildman–Crippen LogP) is 0.988. The van der Waals surface area contributed by atoms with Crippen LogP contribution < -0.4 is 0 Å². The van der Waals surface area contributed by atoms with Crippen LogP contribution in [0.5, 0.6) is 0 Å². The van der Waals surface area contributed by atoms with Crippen LogP contribution in [-0.4, -0.2) is 26.2 Å². The molecule has 0 aliphatic rings. The third kappa shape index (κ3) is 2.61. The van der Waals surface area contributed by atoms with E-state index in [1.807, 2.05) is 6.07 Å². The maximum atomic E-state index is 11.5. The Labute approximate surface area is 98.6 Å². The minimum atomic E-state index is -1.22. The number of benzene rings is 1. The Morgan fingerprint density at radius 1 is 1.18 bits per heavy atom.